The Hall–Kier alpha value is -1.58. The van der Waals surface area contributed by atoms with Crippen molar-refractivity contribution in [3.8, 4) is 0 Å². The molecular formula is C17H21NO6. The van der Waals surface area contributed by atoms with Crippen molar-refractivity contribution in [2.75, 3.05) is 6.61 Å². The fourth-order valence-corrected chi connectivity index (χ4v) is 2.72. The second-order valence-corrected chi connectivity index (χ2v) is 5.82. The van der Waals surface area contributed by atoms with Crippen molar-refractivity contribution in [3.05, 3.63) is 48.0 Å². The summed E-state index contributed by atoms with van der Waals surface area (Å²) in [6.45, 7) is -0.130. The van der Waals surface area contributed by atoms with Gasteiger partial charge < -0.3 is 25.2 Å². The summed E-state index contributed by atoms with van der Waals surface area (Å²) < 4.78 is 5.24. The number of nitrogens with one attached hydrogen (secondary N) is 1. The maximum atomic E-state index is 9.88. The van der Waals surface area contributed by atoms with Crippen molar-refractivity contribution in [3.63, 3.8) is 0 Å². The van der Waals surface area contributed by atoms with Crippen molar-refractivity contribution in [1.29, 1.82) is 0 Å². The van der Waals surface area contributed by atoms with Crippen LogP contribution in [0.5, 0.6) is 0 Å². The molecule has 24 heavy (non-hydrogen) atoms. The first kappa shape index (κ1) is 17.2. The van der Waals surface area contributed by atoms with Gasteiger partial charge in [0.1, 0.15) is 24.4 Å². The van der Waals surface area contributed by atoms with Crippen LogP contribution in [0, 0.1) is 0 Å². The van der Waals surface area contributed by atoms with Gasteiger partial charge in [0.25, 0.3) is 0 Å². The fraction of sp³-hybridized carbons (Fsp3) is 0.412. The monoisotopic (exact) mass is 335 g/mol. The van der Waals surface area contributed by atoms with Crippen LogP contribution in [0.25, 0.3) is 10.8 Å². The molecule has 7 heteroatoms. The van der Waals surface area contributed by atoms with Crippen LogP contribution < -0.4 is 5.48 Å². The van der Waals surface area contributed by atoms with Crippen LogP contribution in [0.15, 0.2) is 42.5 Å². The molecule has 5 atom stereocenters. The highest BCUT2D eigenvalue weighted by Crippen LogP contribution is 2.21. The summed E-state index contributed by atoms with van der Waals surface area (Å²) in [5.41, 5.74) is 3.66. The SMILES string of the molecule is OC[C@H]1O[C@@H](ONCc2ccc3ccccc3c2)[C@H](O)[C@@H](O)[C@H]1O. The molecule has 0 bridgehead atoms. The molecule has 1 saturated heterocycles. The molecule has 0 amide bonds. The quantitative estimate of drug-likeness (QED) is 0.475. The van der Waals surface area contributed by atoms with Crippen molar-refractivity contribution >= 4 is 10.8 Å². The zero-order valence-corrected chi connectivity index (χ0v) is 12.9. The second-order valence-electron chi connectivity index (χ2n) is 5.82. The van der Waals surface area contributed by atoms with Gasteiger partial charge in [-0.1, -0.05) is 36.4 Å². The maximum Gasteiger partial charge on any atom is 0.206 e. The van der Waals surface area contributed by atoms with Gasteiger partial charge in [0.05, 0.1) is 6.61 Å². The Morgan fingerprint density at radius 3 is 2.46 bits per heavy atom. The molecule has 1 aliphatic rings. The highest BCUT2D eigenvalue weighted by molar-refractivity contribution is 5.82. The molecule has 1 heterocycles. The fourth-order valence-electron chi connectivity index (χ4n) is 2.72. The molecule has 130 valence electrons. The van der Waals surface area contributed by atoms with Crippen molar-refractivity contribution in [1.82, 2.24) is 5.48 Å². The third-order valence-corrected chi connectivity index (χ3v) is 4.14. The maximum absolute atomic E-state index is 9.88. The number of fused-ring (bicyclic) bond motifs is 1. The number of rotatable bonds is 5. The number of hydroxylamine groups is 1. The molecule has 1 aliphatic heterocycles. The highest BCUT2D eigenvalue weighted by atomic mass is 16.8. The molecule has 2 aromatic rings. The Kier molecular flexibility index (Phi) is 5.42. The first-order valence-corrected chi connectivity index (χ1v) is 7.77. The van der Waals surface area contributed by atoms with Crippen LogP contribution in [-0.2, 0) is 16.1 Å². The van der Waals surface area contributed by atoms with E-state index in [0.717, 1.165) is 16.3 Å². The molecule has 5 N–H and O–H groups in total. The topological polar surface area (TPSA) is 111 Å². The molecule has 7 nitrogen and oxygen atoms in total. The van der Waals surface area contributed by atoms with Gasteiger partial charge in [-0.05, 0) is 22.4 Å². The minimum Gasteiger partial charge on any atom is -0.394 e. The summed E-state index contributed by atoms with van der Waals surface area (Å²) >= 11 is 0. The molecule has 2 aromatic carbocycles. The van der Waals surface area contributed by atoms with E-state index < -0.39 is 37.3 Å². The summed E-state index contributed by atoms with van der Waals surface area (Å²) in [5, 5.41) is 40.7. The number of aliphatic hydroxyl groups is 4. The predicted octanol–water partition coefficient (Wildman–Crippen LogP) is -0.339. The van der Waals surface area contributed by atoms with Crippen LogP contribution in [0.3, 0.4) is 0 Å². The smallest absolute Gasteiger partial charge is 0.206 e. The number of benzene rings is 2. The van der Waals surface area contributed by atoms with E-state index in [1.54, 1.807) is 0 Å². The summed E-state index contributed by atoms with van der Waals surface area (Å²) in [4.78, 5) is 5.26. The number of hydrogen-bond donors (Lipinski definition) is 5. The van der Waals surface area contributed by atoms with E-state index in [0.29, 0.717) is 6.54 Å². The largest absolute Gasteiger partial charge is 0.394 e. The molecular weight excluding hydrogens is 314 g/mol. The number of hydrogen-bond acceptors (Lipinski definition) is 7. The molecule has 0 radical (unpaired) electrons. The van der Waals surface area contributed by atoms with Crippen molar-refractivity contribution < 1.29 is 30.0 Å². The Balaban J connectivity index is 1.58. The average Bonchev–Trinajstić information content (AvgIpc) is 2.61. The van der Waals surface area contributed by atoms with Crippen molar-refractivity contribution in [2.45, 2.75) is 37.3 Å². The van der Waals surface area contributed by atoms with Crippen molar-refractivity contribution in [2.24, 2.45) is 0 Å². The first-order chi connectivity index (χ1) is 11.6. The van der Waals surface area contributed by atoms with Gasteiger partial charge in [0.15, 0.2) is 0 Å². The average molecular weight is 335 g/mol. The minimum absolute atomic E-state index is 0.361. The first-order valence-electron chi connectivity index (χ1n) is 7.77. The Bertz CT molecular complexity index is 679. The predicted molar refractivity (Wildman–Crippen MR) is 85.6 cm³/mol. The lowest BCUT2D eigenvalue weighted by Crippen LogP contribution is -2.59. The molecule has 0 aromatic heterocycles. The van der Waals surface area contributed by atoms with E-state index >= 15 is 0 Å². The van der Waals surface area contributed by atoms with E-state index in [2.05, 4.69) is 5.48 Å². The normalized spacial score (nSPS) is 30.6. The zero-order chi connectivity index (χ0) is 17.1. The molecule has 0 spiro atoms. The molecule has 0 unspecified atom stereocenters. The third kappa shape index (κ3) is 3.57. The van der Waals surface area contributed by atoms with Gasteiger partial charge in [0, 0.05) is 6.54 Å². The van der Waals surface area contributed by atoms with Crippen LogP contribution in [0.1, 0.15) is 5.56 Å². The lowest BCUT2D eigenvalue weighted by molar-refractivity contribution is -0.316. The van der Waals surface area contributed by atoms with Gasteiger partial charge in [-0.15, -0.1) is 0 Å². The minimum atomic E-state index is -1.46. The summed E-state index contributed by atoms with van der Waals surface area (Å²) in [7, 11) is 0. The van der Waals surface area contributed by atoms with Gasteiger partial charge in [-0.3, -0.25) is 4.84 Å². The van der Waals surface area contributed by atoms with Gasteiger partial charge in [-0.2, -0.15) is 5.48 Å². The summed E-state index contributed by atoms with van der Waals surface area (Å²) in [6.07, 6.45) is -6.46. The Labute approximate surface area is 139 Å². The van der Waals surface area contributed by atoms with E-state index in [-0.39, 0.29) is 0 Å². The molecule has 3 rings (SSSR count). The van der Waals surface area contributed by atoms with Crippen LogP contribution in [0.4, 0.5) is 0 Å². The zero-order valence-electron chi connectivity index (χ0n) is 12.9. The van der Waals surface area contributed by atoms with Gasteiger partial charge in [0.2, 0.25) is 6.29 Å². The Morgan fingerprint density at radius 1 is 0.958 bits per heavy atom. The van der Waals surface area contributed by atoms with Crippen LogP contribution in [0.2, 0.25) is 0 Å². The Morgan fingerprint density at radius 2 is 1.71 bits per heavy atom. The lowest BCUT2D eigenvalue weighted by Gasteiger charge is -2.39. The van der Waals surface area contributed by atoms with Crippen LogP contribution in [-0.4, -0.2) is 57.7 Å². The number of ether oxygens (including phenoxy) is 1. The van der Waals surface area contributed by atoms with Gasteiger partial charge >= 0.3 is 0 Å². The van der Waals surface area contributed by atoms with E-state index in [4.69, 9.17) is 14.7 Å². The molecule has 1 fully saturated rings. The number of aliphatic hydroxyl groups excluding tert-OH is 4. The lowest BCUT2D eigenvalue weighted by atomic mass is 9.99. The van der Waals surface area contributed by atoms with E-state index in [1.165, 1.54) is 0 Å². The highest BCUT2D eigenvalue weighted by Gasteiger charge is 2.44. The summed E-state index contributed by atoms with van der Waals surface area (Å²) in [6, 6.07) is 13.9. The van der Waals surface area contributed by atoms with E-state index in [1.807, 2.05) is 42.5 Å². The van der Waals surface area contributed by atoms with Gasteiger partial charge in [-0.25, -0.2) is 0 Å². The standard InChI is InChI=1S/C17H21NO6/c19-9-13-14(20)15(21)16(22)17(23-13)24-18-8-10-5-6-11-3-1-2-4-12(11)7-10/h1-7,13-22H,8-9H2/t13-,14+,15+,16-,17+/m1/s1. The molecule has 0 aliphatic carbocycles. The third-order valence-electron chi connectivity index (χ3n) is 4.14. The second kappa shape index (κ2) is 7.54. The van der Waals surface area contributed by atoms with E-state index in [9.17, 15) is 15.3 Å². The summed E-state index contributed by atoms with van der Waals surface area (Å²) in [5.74, 6) is 0. The molecule has 0 saturated carbocycles. The van der Waals surface area contributed by atoms with Crippen LogP contribution >= 0.6 is 0 Å².